The minimum Gasteiger partial charge on any atom is -0.466 e. The number of methoxy groups -OCH3 is 1. The Hall–Kier alpha value is -0.250. The van der Waals surface area contributed by atoms with Crippen molar-refractivity contribution < 1.29 is 57.3 Å². The van der Waals surface area contributed by atoms with Gasteiger partial charge in [0.15, 0.2) is 17.4 Å². The number of aliphatic hydroxyl groups is 1. The number of ether oxygens (including phenoxy) is 10. The number of carbonyl (C=O) groups is 1. The molecule has 0 bridgehead atoms. The monoisotopic (exact) mass is 888 g/mol. The van der Waals surface area contributed by atoms with Crippen molar-refractivity contribution in [3.8, 4) is 0 Å². The molecule has 0 aromatic heterocycles. The fourth-order valence-electron chi connectivity index (χ4n) is 7.11. The van der Waals surface area contributed by atoms with Gasteiger partial charge < -0.3 is 52.5 Å². The summed E-state index contributed by atoms with van der Waals surface area (Å²) in [6.07, 6.45) is -0.541. The largest absolute Gasteiger partial charge is 0.466 e. The molecule has 47 heavy (non-hydrogen) atoms. The molecule has 3 fully saturated rings. The van der Waals surface area contributed by atoms with Crippen molar-refractivity contribution in [2.75, 3.05) is 13.7 Å². The second kappa shape index (κ2) is 13.7. The lowest BCUT2D eigenvalue weighted by Gasteiger charge is -2.43. The van der Waals surface area contributed by atoms with Crippen LogP contribution in [0.5, 0.6) is 0 Å². The Kier molecular flexibility index (Phi) is 10.7. The number of aliphatic hydroxyl groups excluding tert-OH is 1. The minimum absolute atomic E-state index is 0.335. The zero-order valence-electron chi connectivity index (χ0n) is 28.0. The van der Waals surface area contributed by atoms with Crippen LogP contribution < -0.4 is 0 Å². The molecule has 14 heteroatoms. The van der Waals surface area contributed by atoms with Crippen molar-refractivity contribution in [2.45, 2.75) is 152 Å². The van der Waals surface area contributed by atoms with E-state index in [2.05, 4.69) is 52.1 Å². The molecule has 9 unspecified atom stereocenters. The summed E-state index contributed by atoms with van der Waals surface area (Å²) in [5, 5.41) is 11.6. The molecule has 6 aliphatic rings. The van der Waals surface area contributed by atoms with Crippen molar-refractivity contribution in [3.63, 3.8) is 0 Å². The number of rotatable bonds is 9. The number of hydrogen-bond acceptors (Lipinski definition) is 12. The van der Waals surface area contributed by atoms with Crippen LogP contribution in [0.25, 0.3) is 0 Å². The summed E-state index contributed by atoms with van der Waals surface area (Å²) in [5.74, 6) is -3.23. The molecule has 0 aromatic carbocycles. The second-order valence-corrected chi connectivity index (χ2v) is 16.6. The molecule has 3 aliphatic heterocycles. The second-order valence-electron chi connectivity index (χ2n) is 14.1. The van der Waals surface area contributed by atoms with Gasteiger partial charge >= 0.3 is 5.97 Å². The van der Waals surface area contributed by atoms with Crippen molar-refractivity contribution in [1.82, 2.24) is 0 Å². The van der Waals surface area contributed by atoms with E-state index in [0.717, 1.165) is 20.0 Å². The summed E-state index contributed by atoms with van der Waals surface area (Å²) >= 11 is 4.48. The molecule has 0 radical (unpaired) electrons. The molecule has 0 aromatic rings. The van der Waals surface area contributed by atoms with E-state index in [1.165, 1.54) is 7.11 Å². The highest BCUT2D eigenvalue weighted by atomic mass is 127. The first-order valence-electron chi connectivity index (χ1n) is 16.2. The lowest BCUT2D eigenvalue weighted by Crippen LogP contribution is -2.58. The minimum atomic E-state index is -1.01. The zero-order valence-corrected chi connectivity index (χ0v) is 32.3. The number of fused-ring (bicyclic) bond motifs is 3. The van der Waals surface area contributed by atoms with E-state index in [4.69, 9.17) is 47.4 Å². The van der Waals surface area contributed by atoms with E-state index in [1.807, 2.05) is 39.8 Å². The quantitative estimate of drug-likeness (QED) is 0.201. The fraction of sp³-hybridized carbons (Fsp3) is 0.788. The molecule has 3 heterocycles. The fourth-order valence-corrected chi connectivity index (χ4v) is 8.78. The van der Waals surface area contributed by atoms with Gasteiger partial charge in [-0.3, -0.25) is 0 Å². The van der Waals surface area contributed by atoms with Crippen molar-refractivity contribution in [3.05, 3.63) is 31.0 Å². The van der Waals surface area contributed by atoms with Gasteiger partial charge in [-0.2, -0.15) is 0 Å². The first-order valence-corrected chi connectivity index (χ1v) is 18.4. The topological polar surface area (TPSA) is 130 Å². The van der Waals surface area contributed by atoms with E-state index < -0.39 is 96.6 Å². The van der Waals surface area contributed by atoms with Gasteiger partial charge in [-0.15, -0.1) is 0 Å². The molecule has 0 spiro atoms. The van der Waals surface area contributed by atoms with Crippen LogP contribution in [0.3, 0.4) is 0 Å². The smallest absolute Gasteiger partial charge is 0.336 e. The Morgan fingerprint density at radius 1 is 0.745 bits per heavy atom. The number of carbonyl (C=O) groups excluding carboxylic acids is 1. The normalized spacial score (nSPS) is 42.9. The van der Waals surface area contributed by atoms with Crippen LogP contribution in [0.4, 0.5) is 0 Å². The average Bonchev–Trinajstić information content (AvgIpc) is 3.62. The van der Waals surface area contributed by atoms with Gasteiger partial charge in [0.2, 0.25) is 0 Å². The Morgan fingerprint density at radius 2 is 1.23 bits per heavy atom. The lowest BCUT2D eigenvalue weighted by molar-refractivity contribution is -0.219. The Balaban J connectivity index is 1.35. The van der Waals surface area contributed by atoms with E-state index in [1.54, 1.807) is 19.9 Å². The van der Waals surface area contributed by atoms with Crippen LogP contribution in [0.15, 0.2) is 31.0 Å². The average molecular weight is 889 g/mol. The maximum absolute atomic E-state index is 12.9. The Labute approximate surface area is 303 Å². The molecule has 0 amide bonds. The number of esters is 1. The molecular formula is C33H46I2O12. The van der Waals surface area contributed by atoms with Crippen molar-refractivity contribution in [2.24, 2.45) is 0 Å². The van der Waals surface area contributed by atoms with Crippen LogP contribution in [-0.2, 0) is 52.2 Å². The van der Waals surface area contributed by atoms with Gasteiger partial charge in [-0.25, -0.2) is 4.79 Å². The SMILES string of the molecule is CCCCOC1C=C(C(=O)OC)C2OC(C)(C)OC2[C@@H]1OC1C=C(I)C2OC(C)(C)OC2[C@@H]1OC1C=C(I)C2OC(C)(C)OC2[C@@H]1O. The molecule has 12 nitrogen and oxygen atoms in total. The predicted octanol–water partition coefficient (Wildman–Crippen LogP) is 4.38. The first kappa shape index (κ1) is 36.5. The number of hydrogen-bond donors (Lipinski definition) is 1. The van der Waals surface area contributed by atoms with Gasteiger partial charge in [0, 0.05) is 13.8 Å². The van der Waals surface area contributed by atoms with Gasteiger partial charge in [0.05, 0.1) is 12.7 Å². The number of unbranched alkanes of at least 4 members (excludes halogenated alkanes) is 1. The van der Waals surface area contributed by atoms with Gasteiger partial charge in [-0.1, -0.05) is 13.3 Å². The summed E-state index contributed by atoms with van der Waals surface area (Å²) in [4.78, 5) is 12.9. The zero-order chi connectivity index (χ0) is 34.1. The third-order valence-electron chi connectivity index (χ3n) is 9.05. The standard InChI is InChI=1S/C33H46I2O12/c1-9-10-11-39-19-12-15(30(37)38-8)22-28(46-31(2,3)42-22)25(19)41-20-14-17(35)24-29(47-33(6,7)44-24)26(20)40-18-13-16(34)23-27(21(18)36)45-32(4,5)43-23/h12-14,18-29,36H,9-11H2,1-8H3/t18?,19?,20?,21-,22?,23?,24?,25-,26-,27?,28?,29?/m1/s1. The predicted molar refractivity (Wildman–Crippen MR) is 184 cm³/mol. The molecule has 6 rings (SSSR count). The van der Waals surface area contributed by atoms with Crippen molar-refractivity contribution in [1.29, 1.82) is 0 Å². The highest BCUT2D eigenvalue weighted by Gasteiger charge is 2.58. The molecular weight excluding hydrogens is 842 g/mol. The first-order chi connectivity index (χ1) is 22.0. The molecule has 12 atom stereocenters. The molecule has 3 saturated heterocycles. The van der Waals surface area contributed by atoms with Crippen LogP contribution in [0.1, 0.15) is 61.3 Å². The van der Waals surface area contributed by atoms with Crippen LogP contribution in [-0.4, -0.2) is 115 Å². The van der Waals surface area contributed by atoms with Gasteiger partial charge in [0.1, 0.15) is 73.2 Å². The van der Waals surface area contributed by atoms with E-state index in [-0.39, 0.29) is 0 Å². The van der Waals surface area contributed by atoms with E-state index >= 15 is 0 Å². The third kappa shape index (κ3) is 7.40. The summed E-state index contributed by atoms with van der Waals surface area (Å²) in [6, 6.07) is 0. The summed E-state index contributed by atoms with van der Waals surface area (Å²) in [5.41, 5.74) is 0.335. The van der Waals surface area contributed by atoms with E-state index in [0.29, 0.717) is 12.2 Å². The highest BCUT2D eigenvalue weighted by Crippen LogP contribution is 2.46. The summed E-state index contributed by atoms with van der Waals surface area (Å²) in [7, 11) is 1.34. The third-order valence-corrected chi connectivity index (χ3v) is 11.0. The molecule has 0 saturated carbocycles. The van der Waals surface area contributed by atoms with Crippen LogP contribution >= 0.6 is 45.2 Å². The summed E-state index contributed by atoms with van der Waals surface area (Å²) < 4.78 is 64.7. The van der Waals surface area contributed by atoms with Crippen molar-refractivity contribution >= 4 is 51.2 Å². The Morgan fingerprint density at radius 3 is 1.83 bits per heavy atom. The lowest BCUT2D eigenvalue weighted by atomic mass is 9.88. The van der Waals surface area contributed by atoms with Crippen LogP contribution in [0.2, 0.25) is 0 Å². The maximum atomic E-state index is 12.9. The van der Waals surface area contributed by atoms with E-state index in [9.17, 15) is 9.90 Å². The Bertz CT molecular complexity index is 1300. The molecule has 3 aliphatic carbocycles. The molecule has 264 valence electrons. The van der Waals surface area contributed by atoms with Gasteiger partial charge in [-0.05, 0) is 111 Å². The van der Waals surface area contributed by atoms with Crippen LogP contribution in [0, 0.1) is 0 Å². The maximum Gasteiger partial charge on any atom is 0.336 e. The van der Waals surface area contributed by atoms with Gasteiger partial charge in [0.25, 0.3) is 0 Å². The molecule has 1 N–H and O–H groups in total. The summed E-state index contributed by atoms with van der Waals surface area (Å²) in [6.45, 7) is 13.5. The number of halogens is 2. The highest BCUT2D eigenvalue weighted by molar-refractivity contribution is 14.1.